The van der Waals surface area contributed by atoms with E-state index in [1.54, 1.807) is 37.3 Å². The first kappa shape index (κ1) is 29.6. The Morgan fingerprint density at radius 3 is 2.64 bits per heavy atom. The fourth-order valence-electron chi connectivity index (χ4n) is 3.24. The number of amides is 1. The van der Waals surface area contributed by atoms with Crippen molar-refractivity contribution in [1.29, 1.82) is 5.26 Å². The number of halogens is 1. The molecule has 2 aromatic carbocycles. The van der Waals surface area contributed by atoms with Gasteiger partial charge in [-0.1, -0.05) is 23.7 Å². The van der Waals surface area contributed by atoms with Gasteiger partial charge >= 0.3 is 41.3 Å². The third-order valence-electron chi connectivity index (χ3n) is 4.99. The van der Waals surface area contributed by atoms with Gasteiger partial charge in [0.15, 0.2) is 5.75 Å². The number of ether oxygens (including phenoxy) is 1. The van der Waals surface area contributed by atoms with E-state index in [4.69, 9.17) is 26.0 Å². The number of nitrogens with one attached hydrogen (secondary N) is 2. The Bertz CT molecular complexity index is 1480. The Balaban J connectivity index is 0.00000456. The van der Waals surface area contributed by atoms with E-state index in [1.165, 1.54) is 25.1 Å². The van der Waals surface area contributed by atoms with Gasteiger partial charge in [-0.2, -0.15) is 18.4 Å². The molecule has 0 aliphatic heterocycles. The number of carbonyl (C=O) groups excluding carboxylic acids is 1. The molecule has 3 aromatic rings. The number of hydrogen-bond acceptors (Lipinski definition) is 7. The van der Waals surface area contributed by atoms with Crippen molar-refractivity contribution in [1.82, 2.24) is 9.62 Å². The van der Waals surface area contributed by atoms with Crippen LogP contribution in [-0.4, -0.2) is 69.6 Å². The Morgan fingerprint density at radius 1 is 1.25 bits per heavy atom. The molecule has 0 spiro atoms. The zero-order valence-electron chi connectivity index (χ0n) is 19.2. The predicted molar refractivity (Wildman–Crippen MR) is 139 cm³/mol. The Morgan fingerprint density at radius 2 is 1.97 bits per heavy atom. The van der Waals surface area contributed by atoms with Gasteiger partial charge in [0.1, 0.15) is 5.58 Å². The second-order valence-electron chi connectivity index (χ2n) is 7.82. The first-order valence-corrected chi connectivity index (χ1v) is 12.2. The van der Waals surface area contributed by atoms with Crippen molar-refractivity contribution in [3.05, 3.63) is 68.5 Å². The molecule has 13 heteroatoms. The van der Waals surface area contributed by atoms with Gasteiger partial charge in [-0.3, -0.25) is 4.72 Å². The van der Waals surface area contributed by atoms with Gasteiger partial charge in [-0.15, -0.1) is 0 Å². The molecular formula is C23H24ClN4NaO6S. The van der Waals surface area contributed by atoms with E-state index in [2.05, 4.69) is 9.44 Å². The maximum absolute atomic E-state index is 12.8. The quantitative estimate of drug-likeness (QED) is 0.253. The maximum atomic E-state index is 12.8. The molecule has 2 N–H and O–H groups in total. The molecule has 1 heterocycles. The molecule has 36 heavy (non-hydrogen) atoms. The van der Waals surface area contributed by atoms with E-state index in [0.717, 1.165) is 0 Å². The van der Waals surface area contributed by atoms with Crippen LogP contribution in [0.15, 0.2) is 45.6 Å². The number of hydrogen-bond donors (Lipinski definition) is 2. The van der Waals surface area contributed by atoms with Crippen LogP contribution in [0.4, 0.5) is 10.5 Å². The number of nitriles is 1. The topological polar surface area (TPSA) is 142 Å². The van der Waals surface area contributed by atoms with E-state index >= 15 is 0 Å². The van der Waals surface area contributed by atoms with Crippen molar-refractivity contribution < 1.29 is 22.4 Å². The van der Waals surface area contributed by atoms with Crippen molar-refractivity contribution in [3.8, 4) is 11.8 Å². The third-order valence-corrected chi connectivity index (χ3v) is 6.38. The normalized spacial score (nSPS) is 10.9. The van der Waals surface area contributed by atoms with Crippen LogP contribution in [-0.2, 0) is 16.6 Å². The molecule has 0 bridgehead atoms. The zero-order chi connectivity index (χ0) is 25.8. The van der Waals surface area contributed by atoms with Crippen LogP contribution >= 0.6 is 11.6 Å². The summed E-state index contributed by atoms with van der Waals surface area (Å²) in [6.45, 7) is 1.74. The molecule has 0 fully saturated rings. The van der Waals surface area contributed by atoms with Gasteiger partial charge in [0.05, 0.1) is 16.8 Å². The average molecular weight is 543 g/mol. The number of anilines is 1. The van der Waals surface area contributed by atoms with E-state index in [0.29, 0.717) is 27.8 Å². The van der Waals surface area contributed by atoms with Crippen molar-refractivity contribution in [2.24, 2.45) is 0 Å². The molecule has 0 unspecified atom stereocenters. The van der Waals surface area contributed by atoms with Crippen molar-refractivity contribution in [2.75, 3.05) is 25.4 Å². The second-order valence-corrected chi connectivity index (χ2v) is 9.73. The Labute approximate surface area is 235 Å². The fourth-order valence-corrected chi connectivity index (χ4v) is 4.32. The molecule has 1 aromatic heterocycles. The predicted octanol–water partition coefficient (Wildman–Crippen LogP) is 2.92. The first-order valence-electron chi connectivity index (χ1n) is 10.4. The van der Waals surface area contributed by atoms with Crippen LogP contribution in [0, 0.1) is 18.3 Å². The SMILES string of the molecule is Cc1c(Cc2cccc(NS(=O)(=O)NCCC#N)c2)c(=O)oc2cc(OC(=O)N(C)C)c(Cl)cc12.[NaH]. The second kappa shape index (κ2) is 12.6. The van der Waals surface area contributed by atoms with Gasteiger partial charge in [0.2, 0.25) is 0 Å². The van der Waals surface area contributed by atoms with Crippen LogP contribution < -0.4 is 19.8 Å². The molecular weight excluding hydrogens is 519 g/mol. The summed E-state index contributed by atoms with van der Waals surface area (Å²) in [7, 11) is -0.796. The van der Waals surface area contributed by atoms with E-state index in [1.807, 2.05) is 6.07 Å². The monoisotopic (exact) mass is 542 g/mol. The van der Waals surface area contributed by atoms with Crippen LogP contribution in [0.2, 0.25) is 5.02 Å². The molecule has 0 saturated heterocycles. The van der Waals surface area contributed by atoms with Crippen molar-refractivity contribution in [3.63, 3.8) is 0 Å². The summed E-state index contributed by atoms with van der Waals surface area (Å²) >= 11 is 6.30. The molecule has 0 atom stereocenters. The molecule has 10 nitrogen and oxygen atoms in total. The van der Waals surface area contributed by atoms with Crippen molar-refractivity contribution in [2.45, 2.75) is 19.8 Å². The number of benzene rings is 2. The van der Waals surface area contributed by atoms with Crippen LogP contribution in [0.1, 0.15) is 23.1 Å². The first-order chi connectivity index (χ1) is 16.5. The molecule has 0 aliphatic rings. The standard InChI is InChI=1S/C23H23ClN4O6S.Na.H/c1-14-17-12-19(24)21(34-23(30)28(2)3)13-20(17)33-22(29)18(14)11-15-6-4-7-16(10-15)27-35(31,32)26-9-5-8-25;;/h4,6-7,10,12-13,26-27H,5,9,11H2,1-3H3;;. The van der Waals surface area contributed by atoms with Gasteiger partial charge in [0.25, 0.3) is 10.2 Å². The Kier molecular flexibility index (Phi) is 10.4. The molecule has 0 radical (unpaired) electrons. The molecule has 1 amide bonds. The number of nitrogens with zero attached hydrogens (tertiary/aromatic N) is 2. The van der Waals surface area contributed by atoms with E-state index in [-0.39, 0.29) is 65.3 Å². The minimum atomic E-state index is -3.85. The Hall–Kier alpha value is -2.59. The van der Waals surface area contributed by atoms with Gasteiger partial charge < -0.3 is 14.1 Å². The number of fused-ring (bicyclic) bond motifs is 1. The van der Waals surface area contributed by atoms with Crippen LogP contribution in [0.3, 0.4) is 0 Å². The van der Waals surface area contributed by atoms with Gasteiger partial charge in [-0.25, -0.2) is 9.59 Å². The third kappa shape index (κ3) is 7.46. The summed E-state index contributed by atoms with van der Waals surface area (Å²) < 4.78 is 39.6. The van der Waals surface area contributed by atoms with Gasteiger partial charge in [0, 0.05) is 50.5 Å². The summed E-state index contributed by atoms with van der Waals surface area (Å²) in [5.41, 5.74) is 1.61. The summed E-state index contributed by atoms with van der Waals surface area (Å²) in [6.07, 6.45) is -0.407. The van der Waals surface area contributed by atoms with Crippen LogP contribution in [0.5, 0.6) is 5.75 Å². The molecule has 3 rings (SSSR count). The molecule has 0 aliphatic carbocycles. The van der Waals surface area contributed by atoms with E-state index < -0.39 is 21.9 Å². The zero-order valence-corrected chi connectivity index (χ0v) is 20.8. The average Bonchev–Trinajstić information content (AvgIpc) is 2.78. The van der Waals surface area contributed by atoms with Gasteiger partial charge in [-0.05, 0) is 36.2 Å². The minimum absolute atomic E-state index is 0. The summed E-state index contributed by atoms with van der Waals surface area (Å²) in [4.78, 5) is 25.9. The van der Waals surface area contributed by atoms with Crippen molar-refractivity contribution >= 4 is 74.1 Å². The number of rotatable bonds is 8. The van der Waals surface area contributed by atoms with E-state index in [9.17, 15) is 18.0 Å². The molecule has 0 saturated carbocycles. The fraction of sp³-hybridized carbons (Fsp3) is 0.261. The van der Waals surface area contributed by atoms with Crippen LogP contribution in [0.25, 0.3) is 11.0 Å². The molecule has 186 valence electrons. The summed E-state index contributed by atoms with van der Waals surface area (Å²) in [5.74, 6) is 0.0662. The summed E-state index contributed by atoms with van der Waals surface area (Å²) in [6, 6.07) is 11.4. The number of aryl methyl sites for hydroxylation is 1. The summed E-state index contributed by atoms with van der Waals surface area (Å²) in [5, 5.41) is 9.31. The number of carbonyl (C=O) groups is 1.